The Morgan fingerprint density at radius 2 is 2.20 bits per heavy atom. The highest BCUT2D eigenvalue weighted by molar-refractivity contribution is 5.00. The van der Waals surface area contributed by atoms with Crippen LogP contribution in [0.2, 0.25) is 0 Å². The van der Waals surface area contributed by atoms with Gasteiger partial charge in [-0.1, -0.05) is 0 Å². The van der Waals surface area contributed by atoms with Crippen molar-refractivity contribution in [3.63, 3.8) is 0 Å². The molecule has 1 aromatic rings. The Bertz CT molecular complexity index is 477. The molecule has 1 N–H and O–H groups in total. The monoisotopic (exact) mass is 206 g/mol. The highest BCUT2D eigenvalue weighted by atomic mass is 16.2. The summed E-state index contributed by atoms with van der Waals surface area (Å²) in [6, 6.07) is 0. The Morgan fingerprint density at radius 3 is 2.87 bits per heavy atom. The van der Waals surface area contributed by atoms with Gasteiger partial charge in [-0.05, 0) is 19.8 Å². The molecule has 0 aliphatic rings. The summed E-state index contributed by atoms with van der Waals surface area (Å²) in [6.45, 7) is 2.27. The number of aryl methyl sites for hydroxylation is 2. The molecule has 80 valence electrons. The number of terminal acetylenes is 1. The summed E-state index contributed by atoms with van der Waals surface area (Å²) in [6.07, 6.45) is 9.15. The number of H-pyrrole nitrogens is 1. The Balaban J connectivity index is 2.71. The van der Waals surface area contributed by atoms with Crippen LogP contribution in [0.3, 0.4) is 0 Å². The van der Waals surface area contributed by atoms with Crippen LogP contribution < -0.4 is 11.2 Å². The first-order chi connectivity index (χ1) is 7.15. The first-order valence-electron chi connectivity index (χ1n) is 4.89. The van der Waals surface area contributed by atoms with Crippen molar-refractivity contribution < 1.29 is 0 Å². The third kappa shape index (κ3) is 3.13. The van der Waals surface area contributed by atoms with Crippen molar-refractivity contribution in [2.75, 3.05) is 0 Å². The van der Waals surface area contributed by atoms with Crippen molar-refractivity contribution in [1.29, 1.82) is 0 Å². The minimum Gasteiger partial charge on any atom is -0.300 e. The predicted molar refractivity (Wildman–Crippen MR) is 58.7 cm³/mol. The van der Waals surface area contributed by atoms with E-state index in [1.54, 1.807) is 13.1 Å². The molecule has 0 radical (unpaired) electrons. The van der Waals surface area contributed by atoms with E-state index in [1.165, 1.54) is 4.57 Å². The van der Waals surface area contributed by atoms with E-state index in [9.17, 15) is 9.59 Å². The second-order valence-corrected chi connectivity index (χ2v) is 3.43. The first-order valence-corrected chi connectivity index (χ1v) is 4.89. The molecule has 0 aliphatic carbocycles. The molecular weight excluding hydrogens is 192 g/mol. The number of aromatic amines is 1. The molecule has 0 spiro atoms. The van der Waals surface area contributed by atoms with Crippen LogP contribution in [0.5, 0.6) is 0 Å². The van der Waals surface area contributed by atoms with Gasteiger partial charge in [0.05, 0.1) is 0 Å². The third-order valence-electron chi connectivity index (χ3n) is 2.16. The van der Waals surface area contributed by atoms with Gasteiger partial charge in [0, 0.05) is 24.7 Å². The maximum absolute atomic E-state index is 11.3. The van der Waals surface area contributed by atoms with Gasteiger partial charge in [-0.15, -0.1) is 12.3 Å². The van der Waals surface area contributed by atoms with Gasteiger partial charge in [-0.25, -0.2) is 4.79 Å². The Hall–Kier alpha value is -1.76. The summed E-state index contributed by atoms with van der Waals surface area (Å²) in [5.74, 6) is 2.54. The van der Waals surface area contributed by atoms with Crippen LogP contribution in [-0.2, 0) is 6.54 Å². The zero-order valence-corrected chi connectivity index (χ0v) is 8.75. The van der Waals surface area contributed by atoms with Gasteiger partial charge >= 0.3 is 5.69 Å². The summed E-state index contributed by atoms with van der Waals surface area (Å²) in [5.41, 5.74) is -0.127. The van der Waals surface area contributed by atoms with Gasteiger partial charge in [-0.3, -0.25) is 9.78 Å². The molecule has 0 atom stereocenters. The minimum atomic E-state index is -0.355. The zero-order valence-electron chi connectivity index (χ0n) is 8.75. The Labute approximate surface area is 88.0 Å². The highest BCUT2D eigenvalue weighted by Gasteiger charge is 1.99. The molecule has 0 saturated carbocycles. The fourth-order valence-electron chi connectivity index (χ4n) is 1.29. The lowest BCUT2D eigenvalue weighted by molar-refractivity contribution is 0.583. The van der Waals surface area contributed by atoms with E-state index in [-0.39, 0.29) is 11.2 Å². The van der Waals surface area contributed by atoms with Crippen molar-refractivity contribution >= 4 is 0 Å². The van der Waals surface area contributed by atoms with E-state index in [2.05, 4.69) is 10.9 Å². The molecule has 0 amide bonds. The van der Waals surface area contributed by atoms with E-state index in [1.807, 2.05) is 0 Å². The van der Waals surface area contributed by atoms with Crippen LogP contribution in [0.4, 0.5) is 0 Å². The zero-order chi connectivity index (χ0) is 11.3. The topological polar surface area (TPSA) is 54.9 Å². The minimum absolute atomic E-state index is 0.320. The Kier molecular flexibility index (Phi) is 3.92. The lowest BCUT2D eigenvalue weighted by atomic mass is 10.2. The second kappa shape index (κ2) is 5.20. The normalized spacial score (nSPS) is 9.87. The van der Waals surface area contributed by atoms with E-state index in [4.69, 9.17) is 6.42 Å². The molecule has 0 aromatic carbocycles. The lowest BCUT2D eigenvalue weighted by Crippen LogP contribution is -2.30. The van der Waals surface area contributed by atoms with Crippen molar-refractivity contribution in [3.8, 4) is 12.3 Å². The van der Waals surface area contributed by atoms with Crippen LogP contribution in [0.15, 0.2) is 15.8 Å². The fourth-order valence-corrected chi connectivity index (χ4v) is 1.29. The number of unbranched alkanes of at least 4 members (excludes halogenated alkanes) is 2. The van der Waals surface area contributed by atoms with Crippen LogP contribution in [-0.4, -0.2) is 9.55 Å². The summed E-state index contributed by atoms with van der Waals surface area (Å²) in [4.78, 5) is 24.7. The number of nitrogens with one attached hydrogen (secondary N) is 1. The summed E-state index contributed by atoms with van der Waals surface area (Å²) in [5, 5.41) is 0. The molecule has 4 heteroatoms. The van der Waals surface area contributed by atoms with Gasteiger partial charge in [-0.2, -0.15) is 0 Å². The maximum Gasteiger partial charge on any atom is 0.328 e. The number of nitrogens with zero attached hydrogens (tertiary/aromatic N) is 1. The van der Waals surface area contributed by atoms with E-state index in [0.717, 1.165) is 19.3 Å². The number of hydrogen-bond donors (Lipinski definition) is 1. The molecule has 1 aromatic heterocycles. The van der Waals surface area contributed by atoms with Gasteiger partial charge in [0.25, 0.3) is 5.56 Å². The van der Waals surface area contributed by atoms with E-state index in [0.29, 0.717) is 12.1 Å². The predicted octanol–water partition coefficient (Wildman–Crippen LogP) is 0.649. The number of aromatic nitrogens is 2. The SMILES string of the molecule is C#CCCCCn1cc(C)c(=O)[nH]c1=O. The maximum atomic E-state index is 11.3. The molecule has 0 saturated heterocycles. The Morgan fingerprint density at radius 1 is 1.47 bits per heavy atom. The number of rotatable bonds is 4. The van der Waals surface area contributed by atoms with Crippen molar-refractivity contribution in [3.05, 3.63) is 32.6 Å². The average molecular weight is 206 g/mol. The van der Waals surface area contributed by atoms with Crippen molar-refractivity contribution in [2.24, 2.45) is 0 Å². The molecule has 0 fully saturated rings. The quantitative estimate of drug-likeness (QED) is 0.581. The molecule has 4 nitrogen and oxygen atoms in total. The fraction of sp³-hybridized carbons (Fsp3) is 0.455. The molecule has 1 heterocycles. The van der Waals surface area contributed by atoms with Gasteiger partial charge in [0.2, 0.25) is 0 Å². The molecule has 1 rings (SSSR count). The standard InChI is InChI=1S/C11H14N2O2/c1-3-4-5-6-7-13-8-9(2)10(14)12-11(13)15/h1,8H,4-7H2,2H3,(H,12,14,15). The molecule has 0 bridgehead atoms. The van der Waals surface area contributed by atoms with Gasteiger partial charge in [0.1, 0.15) is 0 Å². The molecule has 15 heavy (non-hydrogen) atoms. The molecule has 0 unspecified atom stereocenters. The summed E-state index contributed by atoms with van der Waals surface area (Å²) < 4.78 is 1.51. The first kappa shape index (κ1) is 11.3. The largest absolute Gasteiger partial charge is 0.328 e. The lowest BCUT2D eigenvalue weighted by Gasteiger charge is -2.04. The van der Waals surface area contributed by atoms with Crippen LogP contribution in [0, 0.1) is 19.3 Å². The van der Waals surface area contributed by atoms with Crippen LogP contribution in [0.25, 0.3) is 0 Å². The molecular formula is C11H14N2O2. The van der Waals surface area contributed by atoms with E-state index < -0.39 is 0 Å². The number of hydrogen-bond acceptors (Lipinski definition) is 2. The molecule has 0 aliphatic heterocycles. The van der Waals surface area contributed by atoms with Gasteiger partial charge in [0.15, 0.2) is 0 Å². The third-order valence-corrected chi connectivity index (χ3v) is 2.16. The van der Waals surface area contributed by atoms with Gasteiger partial charge < -0.3 is 4.57 Å². The van der Waals surface area contributed by atoms with Crippen molar-refractivity contribution in [1.82, 2.24) is 9.55 Å². The highest BCUT2D eigenvalue weighted by Crippen LogP contribution is 1.96. The van der Waals surface area contributed by atoms with E-state index >= 15 is 0 Å². The summed E-state index contributed by atoms with van der Waals surface area (Å²) >= 11 is 0. The second-order valence-electron chi connectivity index (χ2n) is 3.43. The van der Waals surface area contributed by atoms with Crippen molar-refractivity contribution in [2.45, 2.75) is 32.7 Å². The van der Waals surface area contributed by atoms with Crippen LogP contribution in [0.1, 0.15) is 24.8 Å². The smallest absolute Gasteiger partial charge is 0.300 e. The average Bonchev–Trinajstić information content (AvgIpc) is 2.20. The summed E-state index contributed by atoms with van der Waals surface area (Å²) in [7, 11) is 0. The van der Waals surface area contributed by atoms with Crippen LogP contribution >= 0.6 is 0 Å².